The van der Waals surface area contributed by atoms with Gasteiger partial charge in [-0.3, -0.25) is 4.90 Å². The fourth-order valence-electron chi connectivity index (χ4n) is 1.85. The second-order valence-corrected chi connectivity index (χ2v) is 3.83. The summed E-state index contributed by atoms with van der Waals surface area (Å²) in [5, 5.41) is 3.27. The molecule has 4 heteroatoms. The molecular formula is C11H16N4. The van der Waals surface area contributed by atoms with Crippen LogP contribution < -0.4 is 5.32 Å². The van der Waals surface area contributed by atoms with Crippen molar-refractivity contribution in [3.8, 4) is 0 Å². The molecule has 4 nitrogen and oxygen atoms in total. The maximum absolute atomic E-state index is 4.20. The van der Waals surface area contributed by atoms with E-state index < -0.39 is 0 Å². The van der Waals surface area contributed by atoms with Crippen LogP contribution in [0.4, 0.5) is 0 Å². The summed E-state index contributed by atoms with van der Waals surface area (Å²) in [6, 6.07) is 6.27. The fraction of sp³-hybridized carbons (Fsp3) is 0.364. The zero-order valence-corrected chi connectivity index (χ0v) is 9.28. The predicted octanol–water partition coefficient (Wildman–Crippen LogP) is 1.34. The quantitative estimate of drug-likeness (QED) is 0.742. The number of imidazole rings is 1. The van der Waals surface area contributed by atoms with E-state index >= 15 is 0 Å². The van der Waals surface area contributed by atoms with Crippen molar-refractivity contribution in [2.75, 3.05) is 21.1 Å². The van der Waals surface area contributed by atoms with Crippen LogP contribution in [0.1, 0.15) is 11.7 Å². The Morgan fingerprint density at radius 3 is 2.87 bits per heavy atom. The lowest BCUT2D eigenvalue weighted by Gasteiger charge is -2.23. The zero-order chi connectivity index (χ0) is 10.8. The lowest BCUT2D eigenvalue weighted by atomic mass is 10.1. The molecule has 0 fully saturated rings. The minimum atomic E-state index is 0.234. The Bertz CT molecular complexity index is 447. The monoisotopic (exact) mass is 204 g/mol. The molecular weight excluding hydrogens is 188 g/mol. The number of benzene rings is 1. The maximum Gasteiger partial charge on any atom is 0.0931 e. The van der Waals surface area contributed by atoms with E-state index in [-0.39, 0.29) is 6.17 Å². The van der Waals surface area contributed by atoms with Crippen LogP contribution in [-0.4, -0.2) is 36.0 Å². The second-order valence-electron chi connectivity index (χ2n) is 3.83. The second kappa shape index (κ2) is 4.00. The minimum Gasteiger partial charge on any atom is -0.345 e. The molecule has 0 saturated carbocycles. The van der Waals surface area contributed by atoms with Crippen molar-refractivity contribution < 1.29 is 0 Å². The van der Waals surface area contributed by atoms with E-state index in [4.69, 9.17) is 0 Å². The first-order chi connectivity index (χ1) is 7.22. The van der Waals surface area contributed by atoms with Crippen molar-refractivity contribution in [3.05, 3.63) is 30.1 Å². The molecule has 0 aliphatic carbocycles. The molecule has 1 aromatic heterocycles. The molecule has 1 aromatic carbocycles. The number of nitrogens with zero attached hydrogens (tertiary/aromatic N) is 2. The Labute approximate surface area is 89.3 Å². The molecule has 0 bridgehead atoms. The van der Waals surface area contributed by atoms with Gasteiger partial charge in [0.1, 0.15) is 0 Å². The van der Waals surface area contributed by atoms with Gasteiger partial charge in [0.15, 0.2) is 0 Å². The van der Waals surface area contributed by atoms with E-state index in [1.807, 2.05) is 13.1 Å². The normalized spacial score (nSPS) is 13.6. The van der Waals surface area contributed by atoms with Gasteiger partial charge in [-0.15, -0.1) is 0 Å². The van der Waals surface area contributed by atoms with Crippen LogP contribution in [0.25, 0.3) is 11.0 Å². The predicted molar refractivity (Wildman–Crippen MR) is 61.6 cm³/mol. The molecule has 2 N–H and O–H groups in total. The molecule has 1 atom stereocenters. The summed E-state index contributed by atoms with van der Waals surface area (Å²) in [4.78, 5) is 9.46. The number of hydrogen-bond donors (Lipinski definition) is 2. The van der Waals surface area contributed by atoms with Crippen LogP contribution in [-0.2, 0) is 0 Å². The van der Waals surface area contributed by atoms with Gasteiger partial charge in [0.25, 0.3) is 0 Å². The van der Waals surface area contributed by atoms with Crippen LogP contribution in [0.15, 0.2) is 24.5 Å². The van der Waals surface area contributed by atoms with E-state index in [2.05, 4.69) is 46.4 Å². The third-order valence-electron chi connectivity index (χ3n) is 2.55. The first-order valence-electron chi connectivity index (χ1n) is 4.99. The molecule has 0 spiro atoms. The molecule has 1 heterocycles. The Balaban J connectivity index is 2.41. The lowest BCUT2D eigenvalue weighted by molar-refractivity contribution is 0.265. The highest BCUT2D eigenvalue weighted by Crippen LogP contribution is 2.18. The fourth-order valence-corrected chi connectivity index (χ4v) is 1.85. The van der Waals surface area contributed by atoms with Crippen molar-refractivity contribution >= 4 is 11.0 Å². The molecule has 1 unspecified atom stereocenters. The van der Waals surface area contributed by atoms with E-state index in [0.717, 1.165) is 11.0 Å². The van der Waals surface area contributed by atoms with Gasteiger partial charge in [0, 0.05) is 0 Å². The van der Waals surface area contributed by atoms with Gasteiger partial charge in [0.05, 0.1) is 23.5 Å². The van der Waals surface area contributed by atoms with Gasteiger partial charge in [-0.05, 0) is 38.8 Å². The topological polar surface area (TPSA) is 44.0 Å². The van der Waals surface area contributed by atoms with Crippen LogP contribution in [0.2, 0.25) is 0 Å². The molecule has 0 amide bonds. The summed E-state index contributed by atoms with van der Waals surface area (Å²) >= 11 is 0. The maximum atomic E-state index is 4.20. The summed E-state index contributed by atoms with van der Waals surface area (Å²) in [5.74, 6) is 0. The number of rotatable bonds is 3. The van der Waals surface area contributed by atoms with Gasteiger partial charge < -0.3 is 10.3 Å². The van der Waals surface area contributed by atoms with E-state index in [9.17, 15) is 0 Å². The number of aromatic amines is 1. The average Bonchev–Trinajstić information content (AvgIpc) is 2.65. The Hall–Kier alpha value is -1.39. The van der Waals surface area contributed by atoms with Crippen LogP contribution in [0, 0.1) is 0 Å². The highest BCUT2D eigenvalue weighted by atomic mass is 15.2. The van der Waals surface area contributed by atoms with Crippen LogP contribution in [0.3, 0.4) is 0 Å². The van der Waals surface area contributed by atoms with Gasteiger partial charge in [-0.2, -0.15) is 0 Å². The number of H-pyrrole nitrogens is 1. The highest BCUT2D eigenvalue weighted by Gasteiger charge is 2.11. The van der Waals surface area contributed by atoms with Crippen LogP contribution >= 0.6 is 0 Å². The Morgan fingerprint density at radius 1 is 1.40 bits per heavy atom. The number of aromatic nitrogens is 2. The van der Waals surface area contributed by atoms with Gasteiger partial charge in [-0.25, -0.2) is 4.98 Å². The first-order valence-corrected chi connectivity index (χ1v) is 4.99. The van der Waals surface area contributed by atoms with Crippen molar-refractivity contribution in [3.63, 3.8) is 0 Å². The summed E-state index contributed by atoms with van der Waals surface area (Å²) < 4.78 is 0. The van der Waals surface area contributed by atoms with Crippen molar-refractivity contribution in [1.29, 1.82) is 0 Å². The molecule has 80 valence electrons. The molecule has 2 aromatic rings. The third-order valence-corrected chi connectivity index (χ3v) is 2.55. The van der Waals surface area contributed by atoms with Crippen molar-refractivity contribution in [1.82, 2.24) is 20.2 Å². The molecule has 2 rings (SSSR count). The van der Waals surface area contributed by atoms with Crippen LogP contribution in [0.5, 0.6) is 0 Å². The minimum absolute atomic E-state index is 0.234. The van der Waals surface area contributed by atoms with Gasteiger partial charge in [-0.1, -0.05) is 6.07 Å². The number of nitrogens with one attached hydrogen (secondary N) is 2. The molecule has 0 aliphatic heterocycles. The smallest absolute Gasteiger partial charge is 0.0931 e. The lowest BCUT2D eigenvalue weighted by Crippen LogP contribution is -2.30. The standard InChI is InChI=1S/C11H16N4/c1-12-11(15(2)3)8-4-5-9-10(6-8)14-7-13-9/h4-7,11-12H,1-3H3,(H,13,14). The van der Waals surface area contributed by atoms with E-state index in [0.29, 0.717) is 0 Å². The number of hydrogen-bond acceptors (Lipinski definition) is 3. The van der Waals surface area contributed by atoms with Gasteiger partial charge in [0.2, 0.25) is 0 Å². The van der Waals surface area contributed by atoms with E-state index in [1.165, 1.54) is 5.56 Å². The average molecular weight is 204 g/mol. The zero-order valence-electron chi connectivity index (χ0n) is 9.28. The molecule has 0 saturated heterocycles. The van der Waals surface area contributed by atoms with Gasteiger partial charge >= 0.3 is 0 Å². The molecule has 0 radical (unpaired) electrons. The number of fused-ring (bicyclic) bond motifs is 1. The van der Waals surface area contributed by atoms with Crippen molar-refractivity contribution in [2.24, 2.45) is 0 Å². The summed E-state index contributed by atoms with van der Waals surface area (Å²) in [6.45, 7) is 0. The SMILES string of the molecule is CNC(c1ccc2nc[nH]c2c1)N(C)C. The third kappa shape index (κ3) is 1.86. The largest absolute Gasteiger partial charge is 0.345 e. The first kappa shape index (κ1) is 10.1. The summed E-state index contributed by atoms with van der Waals surface area (Å²) in [6.07, 6.45) is 1.95. The molecule has 0 aliphatic rings. The summed E-state index contributed by atoms with van der Waals surface area (Å²) in [5.41, 5.74) is 3.32. The summed E-state index contributed by atoms with van der Waals surface area (Å²) in [7, 11) is 6.07. The highest BCUT2D eigenvalue weighted by molar-refractivity contribution is 5.75. The van der Waals surface area contributed by atoms with Crippen molar-refractivity contribution in [2.45, 2.75) is 6.17 Å². The van der Waals surface area contributed by atoms with E-state index in [1.54, 1.807) is 6.33 Å². The Kier molecular flexibility index (Phi) is 2.70. The Morgan fingerprint density at radius 2 is 2.20 bits per heavy atom. The molecule has 15 heavy (non-hydrogen) atoms.